The first-order chi connectivity index (χ1) is 8.88. The summed E-state index contributed by atoms with van der Waals surface area (Å²) in [4.78, 5) is 23.8. The van der Waals surface area contributed by atoms with Crippen LogP contribution in [0, 0.1) is 0 Å². The van der Waals surface area contributed by atoms with Crippen LogP contribution in [0.25, 0.3) is 0 Å². The third kappa shape index (κ3) is 4.09. The van der Waals surface area contributed by atoms with Gasteiger partial charge < -0.3 is 9.64 Å². The first-order valence-electron chi connectivity index (χ1n) is 5.31. The lowest BCUT2D eigenvalue weighted by molar-refractivity contribution is -0.145. The van der Waals surface area contributed by atoms with E-state index in [-0.39, 0.29) is 12.5 Å². The number of rotatable bonds is 4. The van der Waals surface area contributed by atoms with E-state index in [1.54, 1.807) is 19.2 Å². The van der Waals surface area contributed by atoms with Crippen molar-refractivity contribution in [3.05, 3.63) is 27.7 Å². The lowest BCUT2D eigenvalue weighted by Gasteiger charge is -2.20. The van der Waals surface area contributed by atoms with E-state index in [9.17, 15) is 9.59 Å². The molecule has 104 valence electrons. The van der Waals surface area contributed by atoms with Crippen LogP contribution in [0.1, 0.15) is 12.5 Å². The molecule has 19 heavy (non-hydrogen) atoms. The SMILES string of the molecule is CC(=O)OCC(=O)N(C)c1ccc(Cl)c(CBr)c1Cl. The molecule has 0 aromatic heterocycles. The fraction of sp³-hybridized carbons (Fsp3) is 0.333. The molecule has 1 aromatic carbocycles. The molecule has 0 atom stereocenters. The Balaban J connectivity index is 2.96. The summed E-state index contributed by atoms with van der Waals surface area (Å²) in [5, 5.41) is 1.39. The van der Waals surface area contributed by atoms with E-state index in [0.717, 1.165) is 0 Å². The van der Waals surface area contributed by atoms with E-state index in [1.165, 1.54) is 11.8 Å². The predicted octanol–water partition coefficient (Wildman–Crippen LogP) is 3.41. The molecule has 1 amide bonds. The van der Waals surface area contributed by atoms with Crippen molar-refractivity contribution in [1.82, 2.24) is 0 Å². The molecule has 0 bridgehead atoms. The van der Waals surface area contributed by atoms with Gasteiger partial charge in [-0.3, -0.25) is 9.59 Å². The Morgan fingerprint density at radius 3 is 2.53 bits per heavy atom. The number of halogens is 3. The van der Waals surface area contributed by atoms with Crippen LogP contribution in [0.4, 0.5) is 5.69 Å². The monoisotopic (exact) mass is 367 g/mol. The van der Waals surface area contributed by atoms with Crippen LogP contribution >= 0.6 is 39.1 Å². The molecule has 0 N–H and O–H groups in total. The second-order valence-corrected chi connectivity index (χ2v) is 5.07. The first-order valence-corrected chi connectivity index (χ1v) is 7.19. The fourth-order valence-corrected chi connectivity index (χ4v) is 2.90. The van der Waals surface area contributed by atoms with Crippen molar-refractivity contribution < 1.29 is 14.3 Å². The highest BCUT2D eigenvalue weighted by molar-refractivity contribution is 9.08. The van der Waals surface area contributed by atoms with Crippen molar-refractivity contribution in [1.29, 1.82) is 0 Å². The summed E-state index contributed by atoms with van der Waals surface area (Å²) in [7, 11) is 1.55. The van der Waals surface area contributed by atoms with Crippen LogP contribution in [0.3, 0.4) is 0 Å². The van der Waals surface area contributed by atoms with E-state index >= 15 is 0 Å². The highest BCUT2D eigenvalue weighted by Gasteiger charge is 2.18. The van der Waals surface area contributed by atoms with Crippen LogP contribution < -0.4 is 4.90 Å². The van der Waals surface area contributed by atoms with Crippen molar-refractivity contribution in [2.24, 2.45) is 0 Å². The van der Waals surface area contributed by atoms with Gasteiger partial charge in [0.15, 0.2) is 6.61 Å². The van der Waals surface area contributed by atoms with Gasteiger partial charge in [0.1, 0.15) is 0 Å². The van der Waals surface area contributed by atoms with E-state index in [4.69, 9.17) is 23.2 Å². The molecule has 0 heterocycles. The van der Waals surface area contributed by atoms with Gasteiger partial charge in [0, 0.05) is 29.9 Å². The highest BCUT2D eigenvalue weighted by atomic mass is 79.9. The van der Waals surface area contributed by atoms with Gasteiger partial charge in [-0.2, -0.15) is 0 Å². The van der Waals surface area contributed by atoms with E-state index < -0.39 is 5.97 Å². The Labute approximate surface area is 129 Å². The molecule has 0 saturated heterocycles. The number of amides is 1. The number of esters is 1. The molecule has 0 radical (unpaired) electrons. The maximum absolute atomic E-state index is 11.8. The molecule has 0 aliphatic rings. The van der Waals surface area contributed by atoms with Gasteiger partial charge in [-0.1, -0.05) is 39.1 Å². The number of likely N-dealkylation sites (N-methyl/N-ethyl adjacent to an activating group) is 1. The first kappa shape index (κ1) is 16.3. The number of benzene rings is 1. The van der Waals surface area contributed by atoms with Gasteiger partial charge in [-0.25, -0.2) is 0 Å². The molecule has 0 saturated carbocycles. The summed E-state index contributed by atoms with van der Waals surface area (Å²) in [5.41, 5.74) is 1.21. The number of carbonyl (C=O) groups is 2. The third-order valence-corrected chi connectivity index (χ3v) is 3.77. The molecule has 1 aromatic rings. The number of ether oxygens (including phenoxy) is 1. The zero-order valence-corrected chi connectivity index (χ0v) is 13.5. The number of carbonyl (C=O) groups excluding carboxylic acids is 2. The summed E-state index contributed by atoms with van der Waals surface area (Å²) in [5.74, 6) is -0.884. The minimum Gasteiger partial charge on any atom is -0.456 e. The van der Waals surface area contributed by atoms with Gasteiger partial charge in [0.2, 0.25) is 0 Å². The zero-order chi connectivity index (χ0) is 14.6. The summed E-state index contributed by atoms with van der Waals surface area (Å²) < 4.78 is 4.66. The summed E-state index contributed by atoms with van der Waals surface area (Å²) >= 11 is 15.5. The molecule has 0 unspecified atom stereocenters. The van der Waals surface area contributed by atoms with Crippen molar-refractivity contribution in [2.75, 3.05) is 18.6 Å². The van der Waals surface area contributed by atoms with E-state index in [0.29, 0.717) is 26.6 Å². The molecule has 1 rings (SSSR count). The quantitative estimate of drug-likeness (QED) is 0.604. The van der Waals surface area contributed by atoms with Crippen LogP contribution in [0.15, 0.2) is 12.1 Å². The Morgan fingerprint density at radius 1 is 1.37 bits per heavy atom. The normalized spacial score (nSPS) is 10.2. The van der Waals surface area contributed by atoms with Gasteiger partial charge in [0.05, 0.1) is 10.7 Å². The van der Waals surface area contributed by atoms with Crippen molar-refractivity contribution in [3.63, 3.8) is 0 Å². The zero-order valence-electron chi connectivity index (χ0n) is 10.4. The standard InChI is InChI=1S/C12H12BrCl2NO3/c1-7(17)19-6-11(18)16(2)10-4-3-9(14)8(5-13)12(10)15/h3-4H,5-6H2,1-2H3. The summed E-state index contributed by atoms with van der Waals surface area (Å²) in [6.45, 7) is 0.917. The molecule has 4 nitrogen and oxygen atoms in total. The number of alkyl halides is 1. The van der Waals surface area contributed by atoms with Gasteiger partial charge in [-0.15, -0.1) is 0 Å². The molecule has 7 heteroatoms. The van der Waals surface area contributed by atoms with Crippen molar-refractivity contribution >= 4 is 56.7 Å². The molecular weight excluding hydrogens is 357 g/mol. The average molecular weight is 369 g/mol. The van der Waals surface area contributed by atoms with Crippen LogP contribution in [0.2, 0.25) is 10.0 Å². The number of nitrogens with zero attached hydrogens (tertiary/aromatic N) is 1. The lowest BCUT2D eigenvalue weighted by atomic mass is 10.2. The number of anilines is 1. The second kappa shape index (κ2) is 7.12. The van der Waals surface area contributed by atoms with Gasteiger partial charge >= 0.3 is 5.97 Å². The largest absolute Gasteiger partial charge is 0.456 e. The molecule has 0 spiro atoms. The molecule has 0 fully saturated rings. The third-order valence-electron chi connectivity index (χ3n) is 2.43. The fourth-order valence-electron chi connectivity index (χ4n) is 1.36. The van der Waals surface area contributed by atoms with E-state index in [1.807, 2.05) is 0 Å². The molecule has 0 aliphatic heterocycles. The predicted molar refractivity (Wildman–Crippen MR) is 79.1 cm³/mol. The van der Waals surface area contributed by atoms with Crippen molar-refractivity contribution in [3.8, 4) is 0 Å². The summed E-state index contributed by atoms with van der Waals surface area (Å²) in [6, 6.07) is 3.30. The second-order valence-electron chi connectivity index (χ2n) is 3.73. The topological polar surface area (TPSA) is 46.6 Å². The van der Waals surface area contributed by atoms with E-state index in [2.05, 4.69) is 20.7 Å². The van der Waals surface area contributed by atoms with Gasteiger partial charge in [-0.05, 0) is 12.1 Å². The highest BCUT2D eigenvalue weighted by Crippen LogP contribution is 2.34. The minimum atomic E-state index is -0.509. The minimum absolute atomic E-state index is 0.325. The van der Waals surface area contributed by atoms with Crippen LogP contribution in [-0.2, 0) is 19.7 Å². The average Bonchev–Trinajstić information content (AvgIpc) is 2.35. The molecule has 0 aliphatic carbocycles. The molecular formula is C12H12BrCl2NO3. The Morgan fingerprint density at radius 2 is 2.00 bits per heavy atom. The van der Waals surface area contributed by atoms with Gasteiger partial charge in [0.25, 0.3) is 5.91 Å². The lowest BCUT2D eigenvalue weighted by Crippen LogP contribution is -2.31. The number of hydrogen-bond donors (Lipinski definition) is 0. The smallest absolute Gasteiger partial charge is 0.303 e. The maximum Gasteiger partial charge on any atom is 0.303 e. The Bertz CT molecular complexity index is 508. The van der Waals surface area contributed by atoms with Crippen molar-refractivity contribution in [2.45, 2.75) is 12.3 Å². The summed E-state index contributed by atoms with van der Waals surface area (Å²) in [6.07, 6.45) is 0. The Hall–Kier alpha value is -0.780. The maximum atomic E-state index is 11.8. The number of hydrogen-bond acceptors (Lipinski definition) is 3. The van der Waals surface area contributed by atoms with Crippen LogP contribution in [-0.4, -0.2) is 25.5 Å². The van der Waals surface area contributed by atoms with Crippen LogP contribution in [0.5, 0.6) is 0 Å². The Kier molecular flexibility index (Phi) is 6.10.